The molecule has 5 N–H and O–H groups in total. The molecule has 0 radical (unpaired) electrons. The number of rotatable bonds is 14. The molecule has 1 aliphatic carbocycles. The predicted octanol–water partition coefficient (Wildman–Crippen LogP) is 7.10. The van der Waals surface area contributed by atoms with Crippen molar-refractivity contribution in [2.45, 2.75) is 122 Å². The fourth-order valence-corrected chi connectivity index (χ4v) is 7.45. The monoisotopic (exact) mass is 735 g/mol. The molecule has 53 heavy (non-hydrogen) atoms. The van der Waals surface area contributed by atoms with Gasteiger partial charge in [0.2, 0.25) is 11.8 Å². The minimum absolute atomic E-state index is 0.0124. The summed E-state index contributed by atoms with van der Waals surface area (Å²) in [6.45, 7) is 8.72. The average molecular weight is 736 g/mol. The number of ether oxygens (including phenoxy) is 2. The average Bonchev–Trinajstić information content (AvgIpc) is 3.14. The number of likely N-dealkylation sites (N-methyl/N-ethyl adjacent to an activating group) is 1. The Morgan fingerprint density at radius 1 is 0.943 bits per heavy atom. The number of aliphatic hydroxyl groups is 1. The first-order chi connectivity index (χ1) is 25.5. The van der Waals surface area contributed by atoms with E-state index in [0.29, 0.717) is 67.2 Å². The fraction of sp³-hybridized carbons (Fsp3) is 0.643. The third-order valence-electron chi connectivity index (χ3n) is 10.7. The van der Waals surface area contributed by atoms with Crippen LogP contribution in [-0.2, 0) is 14.3 Å². The minimum Gasteiger partial charge on any atom is -0.490 e. The van der Waals surface area contributed by atoms with Crippen molar-refractivity contribution >= 4 is 34.8 Å². The van der Waals surface area contributed by atoms with Crippen LogP contribution in [0.2, 0.25) is 0 Å². The number of anilines is 3. The van der Waals surface area contributed by atoms with Gasteiger partial charge in [-0.05, 0) is 102 Å². The molecule has 4 atom stereocenters. The quantitative estimate of drug-likeness (QED) is 0.119. The van der Waals surface area contributed by atoms with E-state index in [0.717, 1.165) is 38.3 Å². The number of nitrogens with one attached hydrogen (secondary N) is 2. The van der Waals surface area contributed by atoms with Crippen LogP contribution in [0.5, 0.6) is 5.75 Å². The van der Waals surface area contributed by atoms with Gasteiger partial charge in [0, 0.05) is 50.7 Å². The Labute approximate surface area is 317 Å². The summed E-state index contributed by atoms with van der Waals surface area (Å²) >= 11 is 0. The first kappa shape index (κ1) is 42.1. The van der Waals surface area contributed by atoms with Gasteiger partial charge in [-0.15, -0.1) is 0 Å². The molecular formula is C42H65N5O6. The van der Waals surface area contributed by atoms with Gasteiger partial charge in [-0.2, -0.15) is 0 Å². The van der Waals surface area contributed by atoms with Crippen LogP contribution in [0.15, 0.2) is 42.5 Å². The van der Waals surface area contributed by atoms with Crippen molar-refractivity contribution < 1.29 is 29.0 Å². The highest BCUT2D eigenvalue weighted by Crippen LogP contribution is 2.29. The number of fused-ring (bicyclic) bond motifs is 1. The number of hydrogen-bond acceptors (Lipinski definition) is 8. The van der Waals surface area contributed by atoms with Crippen molar-refractivity contribution in [3.05, 3.63) is 48.0 Å². The molecule has 0 aromatic heterocycles. The molecular weight excluding hydrogens is 670 g/mol. The van der Waals surface area contributed by atoms with Crippen molar-refractivity contribution in [3.63, 3.8) is 0 Å². The van der Waals surface area contributed by atoms with Crippen LogP contribution >= 0.6 is 0 Å². The van der Waals surface area contributed by atoms with Gasteiger partial charge in [0.25, 0.3) is 5.91 Å². The summed E-state index contributed by atoms with van der Waals surface area (Å²) in [7, 11) is 2.18. The number of benzene rings is 2. The Hall–Kier alpha value is -3.67. The Morgan fingerprint density at radius 3 is 2.36 bits per heavy atom. The summed E-state index contributed by atoms with van der Waals surface area (Å²) in [4.78, 5) is 43.9. The number of para-hydroxylation sites is 2. The molecule has 3 amide bonds. The van der Waals surface area contributed by atoms with Crippen molar-refractivity contribution in [1.82, 2.24) is 9.80 Å². The second kappa shape index (κ2) is 21.9. The van der Waals surface area contributed by atoms with Crippen molar-refractivity contribution in [1.29, 1.82) is 0 Å². The van der Waals surface area contributed by atoms with Gasteiger partial charge in [0.05, 0.1) is 41.8 Å². The smallest absolute Gasteiger partial charge is 0.258 e. The Bertz CT molecular complexity index is 1450. The highest BCUT2D eigenvalue weighted by molar-refractivity contribution is 6.00. The lowest BCUT2D eigenvalue weighted by Crippen LogP contribution is -2.47. The van der Waals surface area contributed by atoms with E-state index in [4.69, 9.17) is 15.2 Å². The van der Waals surface area contributed by atoms with E-state index in [1.54, 1.807) is 35.2 Å². The Morgan fingerprint density at radius 2 is 1.64 bits per heavy atom. The number of amides is 3. The molecule has 1 aliphatic heterocycles. The zero-order valence-corrected chi connectivity index (χ0v) is 32.6. The molecule has 0 unspecified atom stereocenters. The lowest BCUT2D eigenvalue weighted by molar-refractivity contribution is -0.116. The van der Waals surface area contributed by atoms with E-state index in [9.17, 15) is 19.5 Å². The molecule has 11 heteroatoms. The van der Waals surface area contributed by atoms with Crippen LogP contribution in [0.4, 0.5) is 17.1 Å². The van der Waals surface area contributed by atoms with Crippen LogP contribution in [-0.4, -0.2) is 90.8 Å². The SMILES string of the molecule is C[C@@H]1CN([C@@H](C)CO)C(=O)c2cc(NC(=O)CCCCCC(=O)Nc3ccccc3N)ccc2O[C@@H](C)CCCCO[C@@H]1CN(C)CC1CCCCC1. The number of carbonyl (C=O) groups excluding carboxylic acids is 3. The molecule has 0 spiro atoms. The van der Waals surface area contributed by atoms with Crippen LogP contribution in [0.1, 0.15) is 115 Å². The number of nitrogens with two attached hydrogens (primary N) is 1. The van der Waals surface area contributed by atoms with Gasteiger partial charge in [0.1, 0.15) is 5.75 Å². The molecule has 2 aromatic rings. The molecule has 294 valence electrons. The predicted molar refractivity (Wildman–Crippen MR) is 212 cm³/mol. The Kier molecular flexibility index (Phi) is 17.4. The van der Waals surface area contributed by atoms with Gasteiger partial charge in [0.15, 0.2) is 0 Å². The lowest BCUT2D eigenvalue weighted by atomic mass is 9.89. The molecule has 4 rings (SSSR count). The maximum Gasteiger partial charge on any atom is 0.258 e. The van der Waals surface area contributed by atoms with Gasteiger partial charge < -0.3 is 40.7 Å². The fourth-order valence-electron chi connectivity index (χ4n) is 7.45. The number of carbonyl (C=O) groups is 3. The highest BCUT2D eigenvalue weighted by atomic mass is 16.5. The summed E-state index contributed by atoms with van der Waals surface area (Å²) < 4.78 is 12.9. The summed E-state index contributed by atoms with van der Waals surface area (Å²) in [6.07, 6.45) is 11.6. The number of unbranched alkanes of at least 4 members (excludes halogenated alkanes) is 2. The van der Waals surface area contributed by atoms with Gasteiger partial charge >= 0.3 is 0 Å². The van der Waals surface area contributed by atoms with Gasteiger partial charge in [-0.1, -0.05) is 44.7 Å². The van der Waals surface area contributed by atoms with Crippen LogP contribution < -0.4 is 21.1 Å². The zero-order valence-electron chi connectivity index (χ0n) is 32.6. The second-order valence-corrected chi connectivity index (χ2v) is 15.5. The van der Waals surface area contributed by atoms with E-state index in [1.165, 1.54) is 32.1 Å². The van der Waals surface area contributed by atoms with E-state index in [2.05, 4.69) is 29.5 Å². The largest absolute Gasteiger partial charge is 0.490 e. The summed E-state index contributed by atoms with van der Waals surface area (Å²) in [5.74, 6) is 0.678. The third kappa shape index (κ3) is 13.9. The van der Waals surface area contributed by atoms with Crippen molar-refractivity contribution in [2.24, 2.45) is 11.8 Å². The number of nitrogen functional groups attached to an aromatic ring is 1. The first-order valence-corrected chi connectivity index (χ1v) is 20.0. The molecule has 0 saturated heterocycles. The van der Waals surface area contributed by atoms with Crippen LogP contribution in [0.25, 0.3) is 0 Å². The number of aliphatic hydroxyl groups excluding tert-OH is 1. The standard InChI is InChI=1S/C42H65N5O6/c1-30-26-47(31(2)29-48)42(51)35-25-34(44-40(49)20-9-6-10-21-41(50)45-37-19-12-11-18-36(37)43)22-23-38(35)53-32(3)15-13-14-24-52-39(30)28-46(4)27-33-16-7-5-8-17-33/h11-12,18-19,22-23,25,30-33,39,48H,5-10,13-17,20-21,24,26-29,43H2,1-4H3,(H,44,49)(H,45,50)/t30-,31+,32+,39-/m1/s1. The lowest BCUT2D eigenvalue weighted by Gasteiger charge is -2.36. The molecule has 1 heterocycles. The van der Waals surface area contributed by atoms with E-state index < -0.39 is 6.04 Å². The maximum atomic E-state index is 14.5. The number of hydrogen-bond donors (Lipinski definition) is 4. The minimum atomic E-state index is -0.436. The van der Waals surface area contributed by atoms with Gasteiger partial charge in [-0.25, -0.2) is 0 Å². The van der Waals surface area contributed by atoms with Crippen LogP contribution in [0, 0.1) is 11.8 Å². The summed E-state index contributed by atoms with van der Waals surface area (Å²) in [6, 6.07) is 11.9. The van der Waals surface area contributed by atoms with Crippen molar-refractivity contribution in [2.75, 3.05) is 56.3 Å². The molecule has 2 aliphatic rings. The molecule has 11 nitrogen and oxygen atoms in total. The normalized spacial score (nSPS) is 21.3. The van der Waals surface area contributed by atoms with E-state index in [-0.39, 0.29) is 48.9 Å². The molecule has 1 fully saturated rings. The molecule has 2 aromatic carbocycles. The topological polar surface area (TPSA) is 146 Å². The maximum absolute atomic E-state index is 14.5. The summed E-state index contributed by atoms with van der Waals surface area (Å²) in [5, 5.41) is 16.1. The highest BCUT2D eigenvalue weighted by Gasteiger charge is 2.31. The Balaban J connectivity index is 1.40. The second-order valence-electron chi connectivity index (χ2n) is 15.5. The first-order valence-electron chi connectivity index (χ1n) is 20.0. The van der Waals surface area contributed by atoms with Crippen molar-refractivity contribution in [3.8, 4) is 5.75 Å². The van der Waals surface area contributed by atoms with Crippen LogP contribution in [0.3, 0.4) is 0 Å². The molecule has 1 saturated carbocycles. The zero-order chi connectivity index (χ0) is 38.2. The number of nitrogens with zero attached hydrogens (tertiary/aromatic N) is 2. The summed E-state index contributed by atoms with van der Waals surface area (Å²) in [5.41, 5.74) is 7.90. The van der Waals surface area contributed by atoms with E-state index in [1.807, 2.05) is 26.0 Å². The van der Waals surface area contributed by atoms with Gasteiger partial charge in [-0.3, -0.25) is 14.4 Å². The van der Waals surface area contributed by atoms with E-state index >= 15 is 0 Å². The molecule has 0 bridgehead atoms. The third-order valence-corrected chi connectivity index (χ3v) is 10.7.